The molecule has 5 heterocycles. The Morgan fingerprint density at radius 3 is 1.83 bits per heavy atom. The van der Waals surface area contributed by atoms with Crippen LogP contribution in [-0.4, -0.2) is 21.2 Å². The Balaban J connectivity index is 1.18. The number of para-hydroxylation sites is 1. The van der Waals surface area contributed by atoms with E-state index in [9.17, 15) is 0 Å². The van der Waals surface area contributed by atoms with Gasteiger partial charge in [0, 0.05) is 74.1 Å². The van der Waals surface area contributed by atoms with Crippen LogP contribution >= 0.6 is 0 Å². The zero-order chi connectivity index (χ0) is 47.9. The summed E-state index contributed by atoms with van der Waals surface area (Å²) in [5.74, 6) is 0. The molecule has 5 heteroatoms. The van der Waals surface area contributed by atoms with Crippen molar-refractivity contribution in [3.8, 4) is 39.2 Å². The highest BCUT2D eigenvalue weighted by Gasteiger charge is 2.43. The lowest BCUT2D eigenvalue weighted by Crippen LogP contribution is -2.60. The van der Waals surface area contributed by atoms with Crippen molar-refractivity contribution in [2.24, 2.45) is 0 Å². The first-order chi connectivity index (χ1) is 34.5. The van der Waals surface area contributed by atoms with Gasteiger partial charge in [-0.15, -0.1) is 0 Å². The maximum atomic E-state index is 5.01. The van der Waals surface area contributed by atoms with Gasteiger partial charge in [-0.05, 0) is 137 Å². The first-order valence-electron chi connectivity index (χ1n) is 25.0. The minimum atomic E-state index is -0.0582. The first kappa shape index (κ1) is 41.7. The van der Waals surface area contributed by atoms with Gasteiger partial charge in [0.05, 0.1) is 11.2 Å². The molecule has 0 fully saturated rings. The van der Waals surface area contributed by atoms with E-state index in [1.807, 2.05) is 30.7 Å². The number of nitrogens with zero attached hydrogens (tertiary/aromatic N) is 4. The van der Waals surface area contributed by atoms with Gasteiger partial charge < -0.3 is 9.47 Å². The van der Waals surface area contributed by atoms with Gasteiger partial charge in [-0.2, -0.15) is 0 Å². The predicted molar refractivity (Wildman–Crippen MR) is 302 cm³/mol. The molecule has 4 nitrogen and oxygen atoms in total. The van der Waals surface area contributed by atoms with Crippen LogP contribution in [-0.2, 0) is 10.8 Å². The normalized spacial score (nSPS) is 13.2. The van der Waals surface area contributed by atoms with Gasteiger partial charge in [-0.1, -0.05) is 169 Å². The summed E-state index contributed by atoms with van der Waals surface area (Å²) in [6.07, 6.45) is 5.75. The fourth-order valence-corrected chi connectivity index (χ4v) is 12.3. The highest BCUT2D eigenvalue weighted by Crippen LogP contribution is 2.49. The van der Waals surface area contributed by atoms with Crippen LogP contribution in [0.3, 0.4) is 0 Å². The summed E-state index contributed by atoms with van der Waals surface area (Å²) in [5.41, 5.74) is 20.2. The number of anilines is 3. The van der Waals surface area contributed by atoms with Gasteiger partial charge >= 0.3 is 0 Å². The second-order valence-corrected chi connectivity index (χ2v) is 21.8. The number of pyridine rings is 2. The van der Waals surface area contributed by atoms with Crippen molar-refractivity contribution >= 4 is 94.3 Å². The smallest absolute Gasteiger partial charge is 0.252 e. The molecule has 2 aliphatic rings. The number of fused-ring (bicyclic) bond motifs is 14. The summed E-state index contributed by atoms with van der Waals surface area (Å²) in [4.78, 5) is 12.2. The van der Waals surface area contributed by atoms with Crippen LogP contribution in [0.4, 0.5) is 17.1 Å². The summed E-state index contributed by atoms with van der Waals surface area (Å²) < 4.78 is 2.63. The molecule has 0 aliphatic carbocycles. The molecular weight excluding hydrogens is 860 g/mol. The van der Waals surface area contributed by atoms with Gasteiger partial charge in [0.1, 0.15) is 0 Å². The van der Waals surface area contributed by atoms with Gasteiger partial charge in [0.2, 0.25) is 0 Å². The molecule has 0 radical (unpaired) electrons. The molecule has 0 atom stereocenters. The molecule has 71 heavy (non-hydrogen) atoms. The Bertz CT molecular complexity index is 4080. The molecule has 0 saturated carbocycles. The van der Waals surface area contributed by atoms with E-state index in [0.29, 0.717) is 0 Å². The highest BCUT2D eigenvalue weighted by molar-refractivity contribution is 7.00. The zero-order valence-corrected chi connectivity index (χ0v) is 40.9. The predicted octanol–water partition coefficient (Wildman–Crippen LogP) is 15.2. The number of aromatic nitrogens is 3. The number of hydrogen-bond donors (Lipinski definition) is 0. The van der Waals surface area contributed by atoms with Crippen molar-refractivity contribution in [1.82, 2.24) is 14.5 Å². The largest absolute Gasteiger partial charge is 0.311 e. The molecule has 2 aliphatic heterocycles. The second-order valence-electron chi connectivity index (χ2n) is 21.8. The Morgan fingerprint density at radius 1 is 0.451 bits per heavy atom. The SMILES string of the molecule is CC(C)(C)c1ccc(N2c3ccc(C(C)(C)C)cc3B3c4c2cc(-c2c(-c5cccnc5)cccc2-c2ccccn2)cc4-n2c4ccc5c6ccccc6c6ccccc6c5c4c4cccc3c42)cc1. The van der Waals surface area contributed by atoms with Crippen molar-refractivity contribution < 1.29 is 0 Å². The average molecular weight is 911 g/mol. The minimum Gasteiger partial charge on any atom is -0.311 e. The first-order valence-corrected chi connectivity index (χ1v) is 25.0. The third-order valence-electron chi connectivity index (χ3n) is 15.6. The fraction of sp³-hybridized carbons (Fsp3) is 0.121. The van der Waals surface area contributed by atoms with E-state index in [1.54, 1.807) is 0 Å². The maximum absolute atomic E-state index is 5.01. The van der Waals surface area contributed by atoms with Gasteiger partial charge in [-0.3, -0.25) is 9.97 Å². The monoisotopic (exact) mass is 910 g/mol. The molecule has 0 saturated heterocycles. The van der Waals surface area contributed by atoms with E-state index in [1.165, 1.54) is 98.7 Å². The lowest BCUT2D eigenvalue weighted by Gasteiger charge is -2.41. The lowest BCUT2D eigenvalue weighted by atomic mass is 9.33. The summed E-state index contributed by atoms with van der Waals surface area (Å²) >= 11 is 0. The van der Waals surface area contributed by atoms with Crippen molar-refractivity contribution in [3.05, 3.63) is 212 Å². The molecule has 12 aromatic rings. The fourth-order valence-electron chi connectivity index (χ4n) is 12.3. The molecule has 0 unspecified atom stereocenters. The van der Waals surface area contributed by atoms with E-state index in [2.05, 4.69) is 226 Å². The minimum absolute atomic E-state index is 0.00828. The third kappa shape index (κ3) is 6.12. The van der Waals surface area contributed by atoms with Gasteiger partial charge in [-0.25, -0.2) is 0 Å². The molecule has 0 N–H and O–H groups in total. The molecule has 9 aromatic carbocycles. The summed E-state index contributed by atoms with van der Waals surface area (Å²) in [5, 5.41) is 10.3. The highest BCUT2D eigenvalue weighted by atomic mass is 15.2. The van der Waals surface area contributed by atoms with Crippen molar-refractivity contribution in [3.63, 3.8) is 0 Å². The second kappa shape index (κ2) is 15.1. The summed E-state index contributed by atoms with van der Waals surface area (Å²) in [6.45, 7) is 13.9. The molecule has 0 bridgehead atoms. The maximum Gasteiger partial charge on any atom is 0.252 e. The molecular formula is C66H51BN4. The van der Waals surface area contributed by atoms with Gasteiger partial charge in [0.25, 0.3) is 6.71 Å². The van der Waals surface area contributed by atoms with Gasteiger partial charge in [0.15, 0.2) is 0 Å². The number of hydrogen-bond acceptors (Lipinski definition) is 3. The van der Waals surface area contributed by atoms with Crippen LogP contribution < -0.4 is 21.3 Å². The zero-order valence-electron chi connectivity index (χ0n) is 40.9. The molecule has 3 aromatic heterocycles. The van der Waals surface area contributed by atoms with Crippen LogP contribution in [0, 0.1) is 0 Å². The molecule has 0 amide bonds. The van der Waals surface area contributed by atoms with Crippen LogP contribution in [0.25, 0.3) is 93.3 Å². The molecule has 338 valence electrons. The Hall–Kier alpha value is -8.28. The van der Waals surface area contributed by atoms with E-state index in [4.69, 9.17) is 4.98 Å². The summed E-state index contributed by atoms with van der Waals surface area (Å²) in [7, 11) is 0. The number of rotatable bonds is 4. The van der Waals surface area contributed by atoms with Crippen LogP contribution in [0.2, 0.25) is 0 Å². The Morgan fingerprint density at radius 2 is 1.11 bits per heavy atom. The third-order valence-corrected chi connectivity index (χ3v) is 15.6. The molecule has 14 rings (SSSR count). The topological polar surface area (TPSA) is 34.0 Å². The van der Waals surface area contributed by atoms with Crippen LogP contribution in [0.15, 0.2) is 201 Å². The van der Waals surface area contributed by atoms with Crippen LogP contribution in [0.1, 0.15) is 52.7 Å². The van der Waals surface area contributed by atoms with Crippen molar-refractivity contribution in [2.45, 2.75) is 52.4 Å². The van der Waals surface area contributed by atoms with E-state index in [-0.39, 0.29) is 17.5 Å². The van der Waals surface area contributed by atoms with E-state index >= 15 is 0 Å². The molecule has 0 spiro atoms. The average Bonchev–Trinajstić information content (AvgIpc) is 3.74. The van der Waals surface area contributed by atoms with Crippen LogP contribution in [0.5, 0.6) is 0 Å². The van der Waals surface area contributed by atoms with Crippen molar-refractivity contribution in [2.75, 3.05) is 4.90 Å². The Labute approximate surface area is 415 Å². The standard InChI is InChI=1S/C66H51BN4/c1-65(2,3)42-26-29-44(30-27-42)70-56-32-28-43(66(4,5)6)38-54(56)67-53-24-14-23-52-62-57(33-31-50-48-19-8-7-17-46(48)47-18-9-10-20-49(47)61(50)62)71(64(52)53)59-37-41(36-58(70)63(59)67)60-45(40-16-15-34-68-39-40)21-13-22-51(60)55-25-11-12-35-69-55/h7-39H,1-6H3. The van der Waals surface area contributed by atoms with E-state index < -0.39 is 0 Å². The Kier molecular flexibility index (Phi) is 8.87. The van der Waals surface area contributed by atoms with E-state index in [0.717, 1.165) is 39.2 Å². The van der Waals surface area contributed by atoms with Crippen molar-refractivity contribution in [1.29, 1.82) is 0 Å². The lowest BCUT2D eigenvalue weighted by molar-refractivity contribution is 0.590. The number of benzene rings is 9. The quantitative estimate of drug-likeness (QED) is 0.130. The summed E-state index contributed by atoms with van der Waals surface area (Å²) in [6, 6.07) is 68.6.